The van der Waals surface area contributed by atoms with Gasteiger partial charge in [0.05, 0.1) is 30.2 Å². The molecule has 23 heavy (non-hydrogen) atoms. The van der Waals surface area contributed by atoms with Gasteiger partial charge in [-0.15, -0.1) is 12.4 Å². The fraction of sp³-hybridized carbons (Fsp3) is 0.500. The van der Waals surface area contributed by atoms with E-state index in [0.29, 0.717) is 6.04 Å². The number of hydrogen-bond donors (Lipinski definition) is 2. The van der Waals surface area contributed by atoms with Gasteiger partial charge in [-0.25, -0.2) is 0 Å². The van der Waals surface area contributed by atoms with E-state index in [2.05, 4.69) is 22.1 Å². The lowest BCUT2D eigenvalue weighted by molar-refractivity contribution is 0.415. The Morgan fingerprint density at radius 2 is 1.83 bits per heavy atom. The molecule has 1 aliphatic rings. The zero-order chi connectivity index (χ0) is 15.2. The van der Waals surface area contributed by atoms with Crippen molar-refractivity contribution in [3.8, 4) is 17.1 Å². The van der Waals surface area contributed by atoms with E-state index in [9.17, 15) is 0 Å². The largest absolute Gasteiger partial charge is 0.495 e. The lowest BCUT2D eigenvalue weighted by atomic mass is 9.97. The van der Waals surface area contributed by atoms with Gasteiger partial charge in [0, 0.05) is 18.5 Å². The summed E-state index contributed by atoms with van der Waals surface area (Å²) in [5.41, 5.74) is 3.15. The lowest BCUT2D eigenvalue weighted by Crippen LogP contribution is -2.07. The van der Waals surface area contributed by atoms with E-state index < -0.39 is 0 Å². The van der Waals surface area contributed by atoms with E-state index in [1.165, 1.54) is 44.9 Å². The fourth-order valence-electron chi connectivity index (χ4n) is 3.06. The first-order valence-electron chi connectivity index (χ1n) is 8.30. The summed E-state index contributed by atoms with van der Waals surface area (Å²) in [5, 5.41) is 0. The zero-order valence-corrected chi connectivity index (χ0v) is 14.5. The summed E-state index contributed by atoms with van der Waals surface area (Å²) in [6.45, 7) is 0. The van der Waals surface area contributed by atoms with Gasteiger partial charge in [-0.3, -0.25) is 4.99 Å². The molecule has 0 atom stereocenters. The number of H-pyrrole nitrogens is 2. The molecule has 4 nitrogen and oxygen atoms in total. The summed E-state index contributed by atoms with van der Waals surface area (Å²) in [5.74, 6) is 0.842. The minimum absolute atomic E-state index is 0. The average molecular weight is 336 g/mol. The second kappa shape index (κ2) is 8.82. The summed E-state index contributed by atoms with van der Waals surface area (Å²) in [6, 6.07) is 6.64. The van der Waals surface area contributed by atoms with Crippen LogP contribution in [-0.2, 0) is 0 Å². The van der Waals surface area contributed by atoms with Crippen molar-refractivity contribution in [1.29, 1.82) is 0 Å². The van der Waals surface area contributed by atoms with Gasteiger partial charge in [0.1, 0.15) is 5.75 Å². The molecule has 0 saturated heterocycles. The number of aromatic nitrogens is 2. The third-order valence-corrected chi connectivity index (χ3v) is 4.39. The average Bonchev–Trinajstić information content (AvgIpc) is 3.15. The molecule has 0 radical (unpaired) electrons. The number of nitrogens with one attached hydrogen (secondary N) is 2. The van der Waals surface area contributed by atoms with Crippen molar-refractivity contribution in [3.63, 3.8) is 0 Å². The predicted octanol–water partition coefficient (Wildman–Crippen LogP) is 4.97. The Kier molecular flexibility index (Phi) is 6.78. The zero-order valence-electron chi connectivity index (χ0n) is 13.7. The van der Waals surface area contributed by atoms with Gasteiger partial charge in [-0.2, -0.15) is 0 Å². The molecule has 2 aromatic rings. The van der Waals surface area contributed by atoms with E-state index in [4.69, 9.17) is 9.73 Å². The molecule has 3 rings (SSSR count). The molecule has 0 aromatic carbocycles. The molecule has 1 aliphatic carbocycles. The van der Waals surface area contributed by atoms with E-state index in [-0.39, 0.29) is 12.4 Å². The first-order valence-corrected chi connectivity index (χ1v) is 8.30. The Hall–Kier alpha value is -1.68. The summed E-state index contributed by atoms with van der Waals surface area (Å²) in [6.07, 6.45) is 13.1. The van der Waals surface area contributed by atoms with Crippen molar-refractivity contribution in [2.24, 2.45) is 4.99 Å². The van der Waals surface area contributed by atoms with Gasteiger partial charge in [-0.1, -0.05) is 32.1 Å². The molecule has 2 aromatic heterocycles. The molecular weight excluding hydrogens is 310 g/mol. The van der Waals surface area contributed by atoms with Crippen molar-refractivity contribution >= 4 is 18.6 Å². The van der Waals surface area contributed by atoms with Crippen LogP contribution in [-0.4, -0.2) is 29.3 Å². The Morgan fingerprint density at radius 3 is 2.52 bits per heavy atom. The number of nitrogens with zero attached hydrogens (tertiary/aromatic N) is 1. The highest BCUT2D eigenvalue weighted by atomic mass is 35.5. The fourth-order valence-corrected chi connectivity index (χ4v) is 3.06. The number of aliphatic imine (C=N–C) groups is 1. The van der Waals surface area contributed by atoms with Gasteiger partial charge in [0.15, 0.2) is 0 Å². The van der Waals surface area contributed by atoms with Crippen LogP contribution in [0.3, 0.4) is 0 Å². The van der Waals surface area contributed by atoms with Gasteiger partial charge in [-0.05, 0) is 25.0 Å². The Bertz CT molecular complexity index is 609. The molecule has 0 amide bonds. The maximum atomic E-state index is 5.20. The molecule has 0 unspecified atom stereocenters. The van der Waals surface area contributed by atoms with E-state index in [1.54, 1.807) is 7.11 Å². The highest BCUT2D eigenvalue weighted by molar-refractivity contribution is 5.85. The lowest BCUT2D eigenvalue weighted by Gasteiger charge is -2.15. The summed E-state index contributed by atoms with van der Waals surface area (Å²) < 4.78 is 5.20. The van der Waals surface area contributed by atoms with Crippen LogP contribution in [0.1, 0.15) is 50.6 Å². The molecule has 0 aliphatic heterocycles. The molecule has 2 N–H and O–H groups in total. The topological polar surface area (TPSA) is 53.2 Å². The number of aromatic amines is 2. The first-order chi connectivity index (χ1) is 10.8. The van der Waals surface area contributed by atoms with E-state index in [0.717, 1.165) is 22.8 Å². The van der Waals surface area contributed by atoms with E-state index >= 15 is 0 Å². The second-order valence-electron chi connectivity index (χ2n) is 6.06. The van der Waals surface area contributed by atoms with Crippen LogP contribution in [0.2, 0.25) is 0 Å². The monoisotopic (exact) mass is 335 g/mol. The smallest absolute Gasteiger partial charge is 0.136 e. The Morgan fingerprint density at radius 1 is 1.09 bits per heavy atom. The number of ether oxygens (including phenoxy) is 1. The highest BCUT2D eigenvalue weighted by Gasteiger charge is 2.09. The van der Waals surface area contributed by atoms with Crippen molar-refractivity contribution < 1.29 is 4.74 Å². The van der Waals surface area contributed by atoms with Gasteiger partial charge in [0.25, 0.3) is 0 Å². The number of methoxy groups -OCH3 is 1. The van der Waals surface area contributed by atoms with Crippen LogP contribution in [0, 0.1) is 0 Å². The summed E-state index contributed by atoms with van der Waals surface area (Å²) in [4.78, 5) is 11.4. The minimum atomic E-state index is 0. The molecule has 5 heteroatoms. The molecular formula is C18H26ClN3O. The maximum Gasteiger partial charge on any atom is 0.136 e. The van der Waals surface area contributed by atoms with Crippen LogP contribution >= 0.6 is 12.4 Å². The number of hydrogen-bond acceptors (Lipinski definition) is 2. The van der Waals surface area contributed by atoms with Crippen LogP contribution in [0.4, 0.5) is 0 Å². The Labute approximate surface area is 144 Å². The van der Waals surface area contributed by atoms with Crippen LogP contribution < -0.4 is 4.74 Å². The predicted molar refractivity (Wildman–Crippen MR) is 98.1 cm³/mol. The SMILES string of the molecule is COc1c[nH]c(-c2ccc(C=NC3CCCCCCC3)[nH]2)c1.Cl. The third-order valence-electron chi connectivity index (χ3n) is 4.39. The Balaban J connectivity index is 0.00000192. The highest BCUT2D eigenvalue weighted by Crippen LogP contribution is 2.22. The van der Waals surface area contributed by atoms with Gasteiger partial charge < -0.3 is 14.7 Å². The molecule has 2 heterocycles. The van der Waals surface area contributed by atoms with Gasteiger partial charge >= 0.3 is 0 Å². The minimum Gasteiger partial charge on any atom is -0.495 e. The molecule has 0 bridgehead atoms. The van der Waals surface area contributed by atoms with Crippen molar-refractivity contribution in [2.75, 3.05) is 7.11 Å². The molecule has 1 saturated carbocycles. The van der Waals surface area contributed by atoms with Crippen LogP contribution in [0.15, 0.2) is 29.4 Å². The molecule has 126 valence electrons. The molecule has 0 spiro atoms. The quantitative estimate of drug-likeness (QED) is 0.761. The first kappa shape index (κ1) is 17.7. The van der Waals surface area contributed by atoms with E-state index in [1.807, 2.05) is 18.5 Å². The molecule has 1 fully saturated rings. The second-order valence-corrected chi connectivity index (χ2v) is 6.06. The van der Waals surface area contributed by atoms with Crippen LogP contribution in [0.25, 0.3) is 11.4 Å². The third kappa shape index (κ3) is 4.90. The maximum absolute atomic E-state index is 5.20. The van der Waals surface area contributed by atoms with Gasteiger partial charge in [0.2, 0.25) is 0 Å². The van der Waals surface area contributed by atoms with Crippen molar-refractivity contribution in [3.05, 3.63) is 30.1 Å². The standard InChI is InChI=1S/C18H25N3O.ClH/c1-22-16-11-18(20-13-16)17-10-9-15(21-17)12-19-14-7-5-3-2-4-6-8-14;/h9-14,20-21H,2-8H2,1H3;1H. The number of rotatable bonds is 4. The summed E-state index contributed by atoms with van der Waals surface area (Å²) >= 11 is 0. The normalized spacial score (nSPS) is 16.7. The van der Waals surface area contributed by atoms with Crippen molar-refractivity contribution in [1.82, 2.24) is 9.97 Å². The summed E-state index contributed by atoms with van der Waals surface area (Å²) in [7, 11) is 1.68. The van der Waals surface area contributed by atoms with Crippen LogP contribution in [0.5, 0.6) is 5.75 Å². The number of halogens is 1. The van der Waals surface area contributed by atoms with Crippen molar-refractivity contribution in [2.45, 2.75) is 51.0 Å².